The van der Waals surface area contributed by atoms with Gasteiger partial charge in [-0.2, -0.15) is 0 Å². The zero-order valence-electron chi connectivity index (χ0n) is 11.2. The zero-order valence-corrected chi connectivity index (χ0v) is 11.2. The molecule has 1 aliphatic carbocycles. The Labute approximate surface area is 112 Å². The third-order valence-corrected chi connectivity index (χ3v) is 3.25. The minimum absolute atomic E-state index is 0.0634. The first-order valence-corrected chi connectivity index (χ1v) is 6.67. The van der Waals surface area contributed by atoms with E-state index in [1.807, 2.05) is 6.92 Å². The summed E-state index contributed by atoms with van der Waals surface area (Å²) in [5.41, 5.74) is -0.0634. The molecule has 1 aromatic heterocycles. The van der Waals surface area contributed by atoms with E-state index in [0.29, 0.717) is 24.3 Å². The summed E-state index contributed by atoms with van der Waals surface area (Å²) in [5.74, 6) is 1.21. The molecule has 1 fully saturated rings. The first-order chi connectivity index (χ1) is 9.17. The van der Waals surface area contributed by atoms with E-state index in [-0.39, 0.29) is 11.5 Å². The number of anilines is 2. The molecule has 1 heterocycles. The van der Waals surface area contributed by atoms with Crippen LogP contribution in [0.4, 0.5) is 17.3 Å². The second kappa shape index (κ2) is 5.81. The van der Waals surface area contributed by atoms with Gasteiger partial charge in [0, 0.05) is 12.6 Å². The Kier molecular flexibility index (Phi) is 4.13. The summed E-state index contributed by atoms with van der Waals surface area (Å²) in [4.78, 5) is 18.7. The second-order valence-electron chi connectivity index (χ2n) is 4.74. The predicted molar refractivity (Wildman–Crippen MR) is 73.3 cm³/mol. The van der Waals surface area contributed by atoms with E-state index in [1.54, 1.807) is 0 Å². The second-order valence-corrected chi connectivity index (χ2v) is 4.74. The van der Waals surface area contributed by atoms with Crippen LogP contribution in [0.15, 0.2) is 6.33 Å². The average molecular weight is 265 g/mol. The van der Waals surface area contributed by atoms with Crippen LogP contribution in [0.25, 0.3) is 0 Å². The van der Waals surface area contributed by atoms with Crippen molar-refractivity contribution < 1.29 is 4.92 Å². The van der Waals surface area contributed by atoms with Gasteiger partial charge in [0.15, 0.2) is 0 Å². The third-order valence-electron chi connectivity index (χ3n) is 3.25. The normalized spacial score (nSPS) is 20.9. The summed E-state index contributed by atoms with van der Waals surface area (Å²) in [6.07, 6.45) is 4.70. The Morgan fingerprint density at radius 1 is 1.42 bits per heavy atom. The van der Waals surface area contributed by atoms with E-state index in [0.717, 1.165) is 19.3 Å². The summed E-state index contributed by atoms with van der Waals surface area (Å²) in [6, 6.07) is 0.308. The summed E-state index contributed by atoms with van der Waals surface area (Å²) >= 11 is 0. The fourth-order valence-corrected chi connectivity index (χ4v) is 2.24. The number of nitrogens with one attached hydrogen (secondary N) is 2. The molecule has 2 rings (SSSR count). The Hall–Kier alpha value is -1.92. The standard InChI is InChI=1S/C12H19N5O2/c1-3-5-8-6-9(8)16-12-10(17(18)19)11(13-4-2)14-7-15-12/h7-9H,3-6H2,1-2H3,(H2,13,14,15,16). The lowest BCUT2D eigenvalue weighted by Gasteiger charge is -2.08. The van der Waals surface area contributed by atoms with Gasteiger partial charge in [-0.15, -0.1) is 0 Å². The fourth-order valence-electron chi connectivity index (χ4n) is 2.24. The number of hydrogen-bond acceptors (Lipinski definition) is 6. The molecule has 104 valence electrons. The van der Waals surface area contributed by atoms with Crippen LogP contribution in [0.3, 0.4) is 0 Å². The van der Waals surface area contributed by atoms with Crippen molar-refractivity contribution in [1.29, 1.82) is 0 Å². The SMILES string of the molecule is CCCC1CC1Nc1ncnc(NCC)c1[N+](=O)[O-]. The van der Waals surface area contributed by atoms with Gasteiger partial charge in [-0.3, -0.25) is 10.1 Å². The van der Waals surface area contributed by atoms with E-state index >= 15 is 0 Å². The highest BCUT2D eigenvalue weighted by Gasteiger charge is 2.38. The molecule has 1 saturated carbocycles. The Morgan fingerprint density at radius 3 is 2.79 bits per heavy atom. The summed E-state index contributed by atoms with van der Waals surface area (Å²) < 4.78 is 0. The minimum Gasteiger partial charge on any atom is -0.364 e. The number of nitrogens with zero attached hydrogens (tertiary/aromatic N) is 3. The molecule has 2 N–H and O–H groups in total. The Morgan fingerprint density at radius 2 is 2.16 bits per heavy atom. The van der Waals surface area contributed by atoms with Crippen LogP contribution in [-0.2, 0) is 0 Å². The number of nitro groups is 1. The molecule has 0 amide bonds. The topological polar surface area (TPSA) is 93.0 Å². The van der Waals surface area contributed by atoms with Gasteiger partial charge in [-0.05, 0) is 25.7 Å². The van der Waals surface area contributed by atoms with Crippen molar-refractivity contribution in [2.45, 2.75) is 39.2 Å². The van der Waals surface area contributed by atoms with E-state index in [1.165, 1.54) is 6.33 Å². The monoisotopic (exact) mass is 265 g/mol. The molecule has 7 heteroatoms. The maximum Gasteiger partial charge on any atom is 0.353 e. The minimum atomic E-state index is -0.433. The lowest BCUT2D eigenvalue weighted by molar-refractivity contribution is -0.383. The predicted octanol–water partition coefficient (Wildman–Crippen LogP) is 2.42. The maximum atomic E-state index is 11.2. The van der Waals surface area contributed by atoms with Crippen molar-refractivity contribution >= 4 is 17.3 Å². The molecule has 0 spiro atoms. The van der Waals surface area contributed by atoms with Crippen molar-refractivity contribution in [3.05, 3.63) is 16.4 Å². The van der Waals surface area contributed by atoms with Gasteiger partial charge in [0.2, 0.25) is 11.6 Å². The lowest BCUT2D eigenvalue weighted by Crippen LogP contribution is -2.12. The van der Waals surface area contributed by atoms with Gasteiger partial charge in [-0.25, -0.2) is 9.97 Å². The Bertz CT molecular complexity index is 465. The number of hydrogen-bond donors (Lipinski definition) is 2. The van der Waals surface area contributed by atoms with E-state index in [9.17, 15) is 10.1 Å². The molecular weight excluding hydrogens is 246 g/mol. The van der Waals surface area contributed by atoms with Crippen LogP contribution in [0.1, 0.15) is 33.1 Å². The number of rotatable bonds is 7. The molecule has 2 unspecified atom stereocenters. The molecule has 19 heavy (non-hydrogen) atoms. The molecule has 2 atom stereocenters. The van der Waals surface area contributed by atoms with E-state index in [4.69, 9.17) is 0 Å². The van der Waals surface area contributed by atoms with E-state index in [2.05, 4.69) is 27.5 Å². The molecular formula is C12H19N5O2. The van der Waals surface area contributed by atoms with Crippen LogP contribution < -0.4 is 10.6 Å². The smallest absolute Gasteiger partial charge is 0.353 e. The van der Waals surface area contributed by atoms with Crippen molar-refractivity contribution in [3.63, 3.8) is 0 Å². The molecule has 1 aliphatic rings. The lowest BCUT2D eigenvalue weighted by atomic mass is 10.2. The molecule has 0 bridgehead atoms. The summed E-state index contributed by atoms with van der Waals surface area (Å²) in [6.45, 7) is 4.60. The van der Waals surface area contributed by atoms with Gasteiger partial charge in [0.05, 0.1) is 4.92 Å². The number of aromatic nitrogens is 2. The maximum absolute atomic E-state index is 11.2. The average Bonchev–Trinajstić information content (AvgIpc) is 3.08. The highest BCUT2D eigenvalue weighted by molar-refractivity contribution is 5.69. The highest BCUT2D eigenvalue weighted by atomic mass is 16.6. The largest absolute Gasteiger partial charge is 0.364 e. The first-order valence-electron chi connectivity index (χ1n) is 6.67. The van der Waals surface area contributed by atoms with Gasteiger partial charge >= 0.3 is 5.69 Å². The fraction of sp³-hybridized carbons (Fsp3) is 0.667. The van der Waals surface area contributed by atoms with Crippen molar-refractivity contribution in [2.75, 3.05) is 17.2 Å². The van der Waals surface area contributed by atoms with Crippen molar-refractivity contribution in [1.82, 2.24) is 9.97 Å². The quantitative estimate of drug-likeness (QED) is 0.581. The first kappa shape index (κ1) is 13.5. The molecule has 1 aromatic rings. The van der Waals surface area contributed by atoms with Crippen LogP contribution in [0, 0.1) is 16.0 Å². The molecule has 7 nitrogen and oxygen atoms in total. The van der Waals surface area contributed by atoms with E-state index < -0.39 is 4.92 Å². The molecule has 0 radical (unpaired) electrons. The van der Waals surface area contributed by atoms with Crippen LogP contribution in [0.5, 0.6) is 0 Å². The van der Waals surface area contributed by atoms with Crippen molar-refractivity contribution in [3.8, 4) is 0 Å². The van der Waals surface area contributed by atoms with Gasteiger partial charge in [0.1, 0.15) is 6.33 Å². The van der Waals surface area contributed by atoms with Gasteiger partial charge < -0.3 is 10.6 Å². The zero-order chi connectivity index (χ0) is 13.8. The summed E-state index contributed by atoms with van der Waals surface area (Å²) in [7, 11) is 0. The van der Waals surface area contributed by atoms with Crippen LogP contribution in [-0.4, -0.2) is 27.5 Å². The highest BCUT2D eigenvalue weighted by Crippen LogP contribution is 2.39. The molecule has 0 aliphatic heterocycles. The summed E-state index contributed by atoms with van der Waals surface area (Å²) in [5, 5.41) is 17.2. The van der Waals surface area contributed by atoms with Crippen LogP contribution in [0.2, 0.25) is 0 Å². The van der Waals surface area contributed by atoms with Crippen molar-refractivity contribution in [2.24, 2.45) is 5.92 Å². The molecule has 0 saturated heterocycles. The Balaban J connectivity index is 2.15. The van der Waals surface area contributed by atoms with Gasteiger partial charge in [-0.1, -0.05) is 13.3 Å². The third kappa shape index (κ3) is 3.10. The van der Waals surface area contributed by atoms with Crippen LogP contribution >= 0.6 is 0 Å². The molecule has 0 aromatic carbocycles. The van der Waals surface area contributed by atoms with Gasteiger partial charge in [0.25, 0.3) is 0 Å².